The number of rotatable bonds is 8. The molecule has 2 N–H and O–H groups in total. The number of carbonyl (C=O) groups is 1. The number of carbonyl (C=O) groups excluding carboxylic acids is 1. The first-order chi connectivity index (χ1) is 15.7. The molecule has 0 spiro atoms. The van der Waals surface area contributed by atoms with Crippen LogP contribution in [0.15, 0.2) is 54.6 Å². The van der Waals surface area contributed by atoms with Crippen molar-refractivity contribution in [2.24, 2.45) is 0 Å². The third kappa shape index (κ3) is 5.75. The topological polar surface area (TPSA) is 77.0 Å². The molecule has 1 amide bonds. The van der Waals surface area contributed by atoms with E-state index in [9.17, 15) is 9.90 Å². The van der Waals surface area contributed by atoms with Crippen LogP contribution >= 0.6 is 0 Å². The van der Waals surface area contributed by atoms with Gasteiger partial charge in [-0.25, -0.2) is 0 Å². The number of hydrogen-bond acceptors (Lipinski definition) is 5. The molecule has 2 aliphatic rings. The van der Waals surface area contributed by atoms with Gasteiger partial charge in [-0.1, -0.05) is 54.6 Å². The Hall–Kier alpha value is -2.25. The number of benzene rings is 2. The highest BCUT2D eigenvalue weighted by atomic mass is 16.6. The first-order valence-corrected chi connectivity index (χ1v) is 11.5. The van der Waals surface area contributed by atoms with Crippen LogP contribution in [0, 0.1) is 0 Å². The average molecular weight is 440 g/mol. The summed E-state index contributed by atoms with van der Waals surface area (Å²) in [7, 11) is 1.51. The highest BCUT2D eigenvalue weighted by molar-refractivity contribution is 5.77. The summed E-state index contributed by atoms with van der Waals surface area (Å²) in [6, 6.07) is 18.9. The molecule has 6 heteroatoms. The molecule has 0 aliphatic carbocycles. The van der Waals surface area contributed by atoms with Crippen molar-refractivity contribution in [1.29, 1.82) is 0 Å². The zero-order chi connectivity index (χ0) is 22.3. The number of aliphatic hydroxyl groups is 1. The van der Waals surface area contributed by atoms with Crippen LogP contribution in [0.2, 0.25) is 0 Å². The summed E-state index contributed by atoms with van der Waals surface area (Å²) in [6.07, 6.45) is 3.73. The van der Waals surface area contributed by atoms with E-state index in [2.05, 4.69) is 41.7 Å². The van der Waals surface area contributed by atoms with Gasteiger partial charge in [0, 0.05) is 7.11 Å². The molecule has 2 fully saturated rings. The number of aliphatic hydroxyl groups excluding tert-OH is 1. The molecule has 0 bridgehead atoms. The summed E-state index contributed by atoms with van der Waals surface area (Å²) >= 11 is 0. The molecule has 0 radical (unpaired) electrons. The van der Waals surface area contributed by atoms with Gasteiger partial charge in [0.1, 0.15) is 6.61 Å². The molecule has 2 aliphatic heterocycles. The Morgan fingerprint density at radius 3 is 2.50 bits per heavy atom. The first kappa shape index (κ1) is 22.9. The second-order valence-electron chi connectivity index (χ2n) is 8.71. The molecule has 4 rings (SSSR count). The standard InChI is InChI=1S/C26H33NO5/c1-30-17-26(29)27-22-15-25-24(14-12-21(16-28)31-25)32-23(22)13-9-18-7-10-20(11-8-18)19-5-3-2-4-6-19/h2-8,10-11,21-25,28H,9,12-17H2,1H3,(H,27,29)/t21-,22+,23+,24-,25-/m0/s1. The van der Waals surface area contributed by atoms with Gasteiger partial charge in [0.2, 0.25) is 5.91 Å². The van der Waals surface area contributed by atoms with Gasteiger partial charge in [-0.3, -0.25) is 4.79 Å². The summed E-state index contributed by atoms with van der Waals surface area (Å²) in [4.78, 5) is 12.2. The minimum absolute atomic E-state index is 0.0128. The number of nitrogens with one attached hydrogen (secondary N) is 1. The maximum atomic E-state index is 12.2. The van der Waals surface area contributed by atoms with Crippen molar-refractivity contribution < 1.29 is 24.1 Å². The molecule has 172 valence electrons. The Balaban J connectivity index is 1.40. The third-order valence-corrected chi connectivity index (χ3v) is 6.44. The quantitative estimate of drug-likeness (QED) is 0.661. The molecule has 5 atom stereocenters. The van der Waals surface area contributed by atoms with E-state index in [1.165, 1.54) is 23.8 Å². The Morgan fingerprint density at radius 1 is 1.03 bits per heavy atom. The van der Waals surface area contributed by atoms with Gasteiger partial charge in [-0.05, 0) is 48.8 Å². The van der Waals surface area contributed by atoms with Crippen molar-refractivity contribution in [2.75, 3.05) is 20.3 Å². The van der Waals surface area contributed by atoms with Crippen LogP contribution < -0.4 is 5.32 Å². The lowest BCUT2D eigenvalue weighted by Crippen LogP contribution is -2.57. The summed E-state index contributed by atoms with van der Waals surface area (Å²) < 4.78 is 17.4. The average Bonchev–Trinajstić information content (AvgIpc) is 2.83. The SMILES string of the molecule is COCC(=O)N[C@@H]1C[C@@H]2O[C@H](CO)CC[C@@H]2O[C@@H]1CCc1ccc(-c2ccccc2)cc1. The minimum atomic E-state index is -0.147. The van der Waals surface area contributed by atoms with Crippen molar-refractivity contribution in [2.45, 2.75) is 62.6 Å². The largest absolute Gasteiger partial charge is 0.394 e. The van der Waals surface area contributed by atoms with E-state index in [0.29, 0.717) is 6.42 Å². The maximum Gasteiger partial charge on any atom is 0.246 e. The van der Waals surface area contributed by atoms with Crippen LogP contribution in [-0.2, 0) is 25.4 Å². The van der Waals surface area contributed by atoms with Gasteiger partial charge in [-0.15, -0.1) is 0 Å². The van der Waals surface area contributed by atoms with Crippen molar-refractivity contribution in [3.05, 3.63) is 60.2 Å². The normalized spacial score (nSPS) is 27.5. The van der Waals surface area contributed by atoms with E-state index in [4.69, 9.17) is 14.2 Å². The van der Waals surface area contributed by atoms with Gasteiger partial charge in [0.15, 0.2) is 0 Å². The smallest absolute Gasteiger partial charge is 0.246 e. The summed E-state index contributed by atoms with van der Waals surface area (Å²) in [6.45, 7) is 0.0463. The number of amides is 1. The highest BCUT2D eigenvalue weighted by Crippen LogP contribution is 2.33. The molecule has 0 unspecified atom stereocenters. The lowest BCUT2D eigenvalue weighted by Gasteiger charge is -2.45. The molecule has 0 aromatic heterocycles. The summed E-state index contributed by atoms with van der Waals surface area (Å²) in [5, 5.41) is 12.5. The van der Waals surface area contributed by atoms with E-state index in [-0.39, 0.29) is 49.6 Å². The van der Waals surface area contributed by atoms with E-state index < -0.39 is 0 Å². The van der Waals surface area contributed by atoms with Crippen LogP contribution in [0.25, 0.3) is 11.1 Å². The van der Waals surface area contributed by atoms with Crippen molar-refractivity contribution >= 4 is 5.91 Å². The first-order valence-electron chi connectivity index (χ1n) is 11.5. The monoisotopic (exact) mass is 439 g/mol. The van der Waals surface area contributed by atoms with Gasteiger partial charge in [0.25, 0.3) is 0 Å². The Morgan fingerprint density at radius 2 is 1.78 bits per heavy atom. The Kier molecular flexibility index (Phi) is 7.92. The fourth-order valence-electron chi connectivity index (χ4n) is 4.76. The third-order valence-electron chi connectivity index (χ3n) is 6.44. The minimum Gasteiger partial charge on any atom is -0.394 e. The number of hydrogen-bond donors (Lipinski definition) is 2. The Bertz CT molecular complexity index is 856. The molecule has 2 saturated heterocycles. The molecular weight excluding hydrogens is 406 g/mol. The van der Waals surface area contributed by atoms with E-state index in [0.717, 1.165) is 25.7 Å². The number of aryl methyl sites for hydroxylation is 1. The fraction of sp³-hybridized carbons (Fsp3) is 0.500. The number of fused-ring (bicyclic) bond motifs is 1. The molecule has 32 heavy (non-hydrogen) atoms. The van der Waals surface area contributed by atoms with E-state index in [1.807, 2.05) is 18.2 Å². The second-order valence-corrected chi connectivity index (χ2v) is 8.71. The zero-order valence-electron chi connectivity index (χ0n) is 18.6. The van der Waals surface area contributed by atoms with Crippen LogP contribution in [0.3, 0.4) is 0 Å². The van der Waals surface area contributed by atoms with Crippen LogP contribution in [0.5, 0.6) is 0 Å². The van der Waals surface area contributed by atoms with Crippen LogP contribution in [-0.4, -0.2) is 61.8 Å². The molecule has 6 nitrogen and oxygen atoms in total. The predicted molar refractivity (Wildman–Crippen MR) is 122 cm³/mol. The summed E-state index contributed by atoms with van der Waals surface area (Å²) in [5.74, 6) is -0.147. The Labute approximate surface area is 189 Å². The van der Waals surface area contributed by atoms with E-state index in [1.54, 1.807) is 0 Å². The maximum absolute atomic E-state index is 12.2. The highest BCUT2D eigenvalue weighted by Gasteiger charge is 2.42. The van der Waals surface area contributed by atoms with Crippen molar-refractivity contribution in [3.63, 3.8) is 0 Å². The molecule has 2 aromatic rings. The van der Waals surface area contributed by atoms with Gasteiger partial charge in [0.05, 0.1) is 37.1 Å². The fourth-order valence-corrected chi connectivity index (χ4v) is 4.76. The van der Waals surface area contributed by atoms with Gasteiger partial charge < -0.3 is 24.6 Å². The molecule has 2 aromatic carbocycles. The second kappa shape index (κ2) is 11.1. The molecular formula is C26H33NO5. The number of methoxy groups -OCH3 is 1. The van der Waals surface area contributed by atoms with Crippen molar-refractivity contribution in [1.82, 2.24) is 5.32 Å². The van der Waals surface area contributed by atoms with Gasteiger partial charge in [-0.2, -0.15) is 0 Å². The van der Waals surface area contributed by atoms with Crippen LogP contribution in [0.4, 0.5) is 0 Å². The molecule has 0 saturated carbocycles. The lowest BCUT2D eigenvalue weighted by atomic mass is 9.88. The molecule has 2 heterocycles. The lowest BCUT2D eigenvalue weighted by molar-refractivity contribution is -0.203. The zero-order valence-corrected chi connectivity index (χ0v) is 18.6. The number of ether oxygens (including phenoxy) is 3. The van der Waals surface area contributed by atoms with Gasteiger partial charge >= 0.3 is 0 Å². The van der Waals surface area contributed by atoms with Crippen LogP contribution in [0.1, 0.15) is 31.2 Å². The summed E-state index contributed by atoms with van der Waals surface area (Å²) in [5.41, 5.74) is 3.66. The predicted octanol–water partition coefficient (Wildman–Crippen LogP) is 3.11. The van der Waals surface area contributed by atoms with Crippen molar-refractivity contribution in [3.8, 4) is 11.1 Å². The van der Waals surface area contributed by atoms with E-state index >= 15 is 0 Å².